The lowest BCUT2D eigenvalue weighted by Crippen LogP contribution is -2.40. The molecule has 0 saturated heterocycles. The van der Waals surface area contributed by atoms with Crippen molar-refractivity contribution in [3.8, 4) is 0 Å². The van der Waals surface area contributed by atoms with Crippen molar-refractivity contribution in [3.63, 3.8) is 0 Å². The number of esters is 1. The minimum Gasteiger partial charge on any atom is -0.465 e. The number of unbranched alkanes of at least 4 members (excludes halogenated alkanes) is 1. The highest BCUT2D eigenvalue weighted by atomic mass is 16.5. The minimum absolute atomic E-state index is 0.00623. The third kappa shape index (κ3) is 7.15. The maximum absolute atomic E-state index is 12.8. The van der Waals surface area contributed by atoms with Gasteiger partial charge in [-0.3, -0.25) is 4.79 Å². The van der Waals surface area contributed by atoms with Gasteiger partial charge in [-0.25, -0.2) is 0 Å². The van der Waals surface area contributed by atoms with Crippen LogP contribution in [-0.2, 0) is 9.53 Å². The molecule has 132 valence electrons. The quantitative estimate of drug-likeness (QED) is 0.447. The van der Waals surface area contributed by atoms with E-state index in [1.165, 1.54) is 19.3 Å². The van der Waals surface area contributed by atoms with Crippen LogP contribution in [0.15, 0.2) is 0 Å². The predicted octanol–water partition coefficient (Wildman–Crippen LogP) is 6.23. The van der Waals surface area contributed by atoms with Crippen molar-refractivity contribution in [1.82, 2.24) is 0 Å². The van der Waals surface area contributed by atoms with Crippen molar-refractivity contribution in [3.05, 3.63) is 0 Å². The molecule has 0 aromatic heterocycles. The van der Waals surface area contributed by atoms with Crippen LogP contribution in [0, 0.1) is 22.7 Å². The first-order valence-electron chi connectivity index (χ1n) is 9.27. The molecule has 0 saturated carbocycles. The summed E-state index contributed by atoms with van der Waals surface area (Å²) in [4.78, 5) is 12.8. The molecular formula is C20H40O2. The fourth-order valence-corrected chi connectivity index (χ4v) is 3.26. The molecule has 0 aliphatic carbocycles. The first-order valence-corrected chi connectivity index (χ1v) is 9.27. The Balaban J connectivity index is 4.83. The lowest BCUT2D eigenvalue weighted by Gasteiger charge is -2.38. The minimum atomic E-state index is -0.379. The van der Waals surface area contributed by atoms with Crippen LogP contribution >= 0.6 is 0 Å². The molecule has 22 heavy (non-hydrogen) atoms. The van der Waals surface area contributed by atoms with Gasteiger partial charge in [0.25, 0.3) is 0 Å². The number of rotatable bonds is 10. The topological polar surface area (TPSA) is 26.3 Å². The lowest BCUT2D eigenvalue weighted by molar-refractivity contribution is -0.162. The molecule has 2 heteroatoms. The Morgan fingerprint density at radius 3 is 2.05 bits per heavy atom. The molecule has 3 unspecified atom stereocenters. The molecule has 0 fully saturated rings. The summed E-state index contributed by atoms with van der Waals surface area (Å²) in [6.45, 7) is 18.0. The number of carbonyl (C=O) groups is 1. The van der Waals surface area contributed by atoms with Crippen LogP contribution in [0.3, 0.4) is 0 Å². The van der Waals surface area contributed by atoms with E-state index in [4.69, 9.17) is 4.74 Å². The summed E-state index contributed by atoms with van der Waals surface area (Å²) < 4.78 is 5.79. The number of carbonyl (C=O) groups excluding carboxylic acids is 1. The van der Waals surface area contributed by atoms with E-state index in [1.54, 1.807) is 0 Å². The third-order valence-electron chi connectivity index (χ3n) is 5.06. The van der Waals surface area contributed by atoms with Crippen LogP contribution in [0.5, 0.6) is 0 Å². The zero-order valence-corrected chi connectivity index (χ0v) is 16.4. The van der Waals surface area contributed by atoms with Gasteiger partial charge in [0.1, 0.15) is 0 Å². The molecular weight excluding hydrogens is 272 g/mol. The van der Waals surface area contributed by atoms with Gasteiger partial charge in [0, 0.05) is 0 Å². The highest BCUT2D eigenvalue weighted by molar-refractivity contribution is 5.76. The summed E-state index contributed by atoms with van der Waals surface area (Å²) in [6, 6.07) is 0. The van der Waals surface area contributed by atoms with Gasteiger partial charge in [-0.1, -0.05) is 74.1 Å². The second kappa shape index (κ2) is 9.57. The molecule has 0 rings (SSSR count). The first-order chi connectivity index (χ1) is 10.1. The maximum atomic E-state index is 12.8. The summed E-state index contributed by atoms with van der Waals surface area (Å²) in [5.41, 5.74) is -0.250. The number of hydrogen-bond acceptors (Lipinski definition) is 2. The van der Waals surface area contributed by atoms with Gasteiger partial charge in [0.2, 0.25) is 0 Å². The van der Waals surface area contributed by atoms with Crippen LogP contribution < -0.4 is 0 Å². The van der Waals surface area contributed by atoms with E-state index in [9.17, 15) is 4.79 Å². The van der Waals surface area contributed by atoms with E-state index in [1.807, 2.05) is 0 Å². The molecule has 0 radical (unpaired) electrons. The highest BCUT2D eigenvalue weighted by Gasteiger charge is 2.42. The van der Waals surface area contributed by atoms with E-state index in [0.29, 0.717) is 18.4 Å². The monoisotopic (exact) mass is 312 g/mol. The van der Waals surface area contributed by atoms with Crippen molar-refractivity contribution in [2.45, 2.75) is 93.9 Å². The van der Waals surface area contributed by atoms with E-state index >= 15 is 0 Å². The van der Waals surface area contributed by atoms with Gasteiger partial charge >= 0.3 is 5.97 Å². The second-order valence-electron chi connectivity index (χ2n) is 8.48. The van der Waals surface area contributed by atoms with Crippen molar-refractivity contribution in [2.75, 3.05) is 6.61 Å². The van der Waals surface area contributed by atoms with Crippen molar-refractivity contribution < 1.29 is 9.53 Å². The highest BCUT2D eigenvalue weighted by Crippen LogP contribution is 2.42. The Labute approximate surface area is 139 Å². The number of hydrogen-bond donors (Lipinski definition) is 0. The normalized spacial score (nSPS) is 17.6. The fraction of sp³-hybridized carbons (Fsp3) is 0.950. The summed E-state index contributed by atoms with van der Waals surface area (Å²) in [5.74, 6) is 0.862. The first kappa shape index (κ1) is 21.5. The fourth-order valence-electron chi connectivity index (χ4n) is 3.26. The van der Waals surface area contributed by atoms with E-state index in [2.05, 4.69) is 55.4 Å². The number of ether oxygens (including phenoxy) is 1. The zero-order chi connectivity index (χ0) is 17.4. The molecule has 3 atom stereocenters. The van der Waals surface area contributed by atoms with Crippen molar-refractivity contribution in [2.24, 2.45) is 22.7 Å². The van der Waals surface area contributed by atoms with Crippen LogP contribution in [0.25, 0.3) is 0 Å². The molecule has 0 bridgehead atoms. The Morgan fingerprint density at radius 2 is 1.64 bits per heavy atom. The van der Waals surface area contributed by atoms with Crippen LogP contribution in [0.4, 0.5) is 0 Å². The maximum Gasteiger partial charge on any atom is 0.312 e. The van der Waals surface area contributed by atoms with E-state index in [-0.39, 0.29) is 16.8 Å². The molecule has 0 amide bonds. The van der Waals surface area contributed by atoms with E-state index in [0.717, 1.165) is 19.3 Å². The van der Waals surface area contributed by atoms with Crippen molar-refractivity contribution >= 4 is 5.97 Å². The second-order valence-corrected chi connectivity index (χ2v) is 8.48. The molecule has 0 heterocycles. The SMILES string of the molecule is CCCCC(CC)COC(=O)C(C)(CC(C)(C)C)C(C)CC. The molecule has 0 aliphatic rings. The molecule has 0 aromatic carbocycles. The Kier molecular flexibility index (Phi) is 9.34. The molecule has 0 aliphatic heterocycles. The van der Waals surface area contributed by atoms with E-state index < -0.39 is 0 Å². The summed E-state index contributed by atoms with van der Waals surface area (Å²) in [6.07, 6.45) is 6.57. The van der Waals surface area contributed by atoms with Gasteiger partial charge in [-0.05, 0) is 37.0 Å². The standard InChI is InChI=1S/C20H40O2/c1-9-12-13-17(11-3)14-22-18(21)20(8,16(4)10-2)15-19(5,6)7/h16-17H,9-15H2,1-8H3. The third-order valence-corrected chi connectivity index (χ3v) is 5.06. The Hall–Kier alpha value is -0.530. The summed E-state index contributed by atoms with van der Waals surface area (Å²) in [7, 11) is 0. The lowest BCUT2D eigenvalue weighted by atomic mass is 9.67. The average Bonchev–Trinajstić information content (AvgIpc) is 2.44. The van der Waals surface area contributed by atoms with Gasteiger partial charge in [-0.2, -0.15) is 0 Å². The zero-order valence-electron chi connectivity index (χ0n) is 16.4. The molecule has 0 aromatic rings. The largest absolute Gasteiger partial charge is 0.465 e. The van der Waals surface area contributed by atoms with Gasteiger partial charge in [-0.15, -0.1) is 0 Å². The van der Waals surface area contributed by atoms with Crippen LogP contribution in [0.1, 0.15) is 93.9 Å². The molecule has 0 N–H and O–H groups in total. The van der Waals surface area contributed by atoms with Gasteiger partial charge < -0.3 is 4.74 Å². The van der Waals surface area contributed by atoms with Gasteiger partial charge in [0.15, 0.2) is 0 Å². The smallest absolute Gasteiger partial charge is 0.312 e. The van der Waals surface area contributed by atoms with Crippen LogP contribution in [0.2, 0.25) is 0 Å². The predicted molar refractivity (Wildman–Crippen MR) is 95.9 cm³/mol. The Bertz CT molecular complexity index is 316. The Morgan fingerprint density at radius 1 is 1.05 bits per heavy atom. The average molecular weight is 313 g/mol. The van der Waals surface area contributed by atoms with Crippen LogP contribution in [-0.4, -0.2) is 12.6 Å². The molecule has 0 spiro atoms. The van der Waals surface area contributed by atoms with Gasteiger partial charge in [0.05, 0.1) is 12.0 Å². The summed E-state index contributed by atoms with van der Waals surface area (Å²) in [5, 5.41) is 0. The summed E-state index contributed by atoms with van der Waals surface area (Å²) >= 11 is 0. The van der Waals surface area contributed by atoms with Crippen molar-refractivity contribution in [1.29, 1.82) is 0 Å². The molecule has 2 nitrogen and oxygen atoms in total.